The number of hydrogen-bond donors (Lipinski definition) is 1. The third-order valence-corrected chi connectivity index (χ3v) is 9.15. The van der Waals surface area contributed by atoms with Crippen LogP contribution in [0.25, 0.3) is 0 Å². The lowest BCUT2D eigenvalue weighted by Gasteiger charge is -2.58. The molecule has 3 saturated carbocycles. The second-order valence-corrected chi connectivity index (χ2v) is 10.4. The van der Waals surface area contributed by atoms with E-state index in [9.17, 15) is 4.79 Å². The van der Waals surface area contributed by atoms with Gasteiger partial charge in [0.25, 0.3) is 0 Å². The molecule has 4 aliphatic carbocycles. The van der Waals surface area contributed by atoms with Gasteiger partial charge in [-0.1, -0.05) is 25.5 Å². The molecule has 0 unspecified atom stereocenters. The maximum atomic E-state index is 11.4. The van der Waals surface area contributed by atoms with Crippen molar-refractivity contribution >= 4 is 5.97 Å². The van der Waals surface area contributed by atoms with Crippen LogP contribution in [0.1, 0.15) is 79.1 Å². The number of rotatable bonds is 2. The zero-order chi connectivity index (χ0) is 18.7. The first-order valence-electron chi connectivity index (χ1n) is 11.0. The third-order valence-electron chi connectivity index (χ3n) is 9.15. The van der Waals surface area contributed by atoms with Crippen LogP contribution >= 0.6 is 0 Å². The van der Waals surface area contributed by atoms with Crippen molar-refractivity contribution in [3.05, 3.63) is 11.6 Å². The molecular formula is C23H38NO2+. The van der Waals surface area contributed by atoms with Gasteiger partial charge in [-0.25, -0.2) is 0 Å². The first-order chi connectivity index (χ1) is 12.3. The van der Waals surface area contributed by atoms with Crippen molar-refractivity contribution in [2.75, 3.05) is 0 Å². The molecule has 26 heavy (non-hydrogen) atoms. The van der Waals surface area contributed by atoms with Crippen LogP contribution in [0.4, 0.5) is 0 Å². The SMILES string of the molecule is CC(=O)O[C@H]1CC[C@@]2(C)C(=CC[C@@H]3[C@@H]4CC[C@H]([C@H](C)[NH3+])[C@@]4(C)CC[C@@H]32)C1. The van der Waals surface area contributed by atoms with E-state index in [0.29, 0.717) is 16.9 Å². The second kappa shape index (κ2) is 6.36. The van der Waals surface area contributed by atoms with Gasteiger partial charge >= 0.3 is 5.97 Å². The lowest BCUT2D eigenvalue weighted by molar-refractivity contribution is -0.433. The lowest BCUT2D eigenvalue weighted by atomic mass is 9.47. The van der Waals surface area contributed by atoms with E-state index >= 15 is 0 Å². The zero-order valence-corrected chi connectivity index (χ0v) is 17.2. The van der Waals surface area contributed by atoms with Crippen LogP contribution < -0.4 is 5.73 Å². The molecule has 0 spiro atoms. The van der Waals surface area contributed by atoms with Gasteiger partial charge in [0.2, 0.25) is 0 Å². The van der Waals surface area contributed by atoms with Crippen molar-refractivity contribution in [2.45, 2.75) is 91.2 Å². The summed E-state index contributed by atoms with van der Waals surface area (Å²) in [7, 11) is 0. The minimum absolute atomic E-state index is 0.111. The van der Waals surface area contributed by atoms with Crippen molar-refractivity contribution in [3.63, 3.8) is 0 Å². The molecule has 0 aliphatic heterocycles. The summed E-state index contributed by atoms with van der Waals surface area (Å²) in [5.74, 6) is 3.26. The predicted octanol–water partition coefficient (Wildman–Crippen LogP) is 4.13. The van der Waals surface area contributed by atoms with Crippen LogP contribution in [0, 0.1) is 34.5 Å². The van der Waals surface area contributed by atoms with Gasteiger partial charge in [-0.3, -0.25) is 4.79 Å². The van der Waals surface area contributed by atoms with E-state index in [1.54, 1.807) is 12.5 Å². The number of carbonyl (C=O) groups excluding carboxylic acids is 1. The average Bonchev–Trinajstić information content (AvgIpc) is 2.92. The second-order valence-electron chi connectivity index (χ2n) is 10.4. The number of ether oxygens (including phenoxy) is 1. The predicted molar refractivity (Wildman–Crippen MR) is 103 cm³/mol. The Labute approximate surface area is 159 Å². The maximum Gasteiger partial charge on any atom is 0.302 e. The van der Waals surface area contributed by atoms with E-state index in [4.69, 9.17) is 4.74 Å². The van der Waals surface area contributed by atoms with Crippen molar-refractivity contribution in [3.8, 4) is 0 Å². The standard InChI is InChI=1S/C23H37NO2/c1-14(24)19-7-8-20-18-6-5-16-13-17(26-15(2)25)9-11-22(16,3)21(18)10-12-23(19,20)4/h5,14,17-21H,6-13,24H2,1-4H3/p+1/t14-,17-,18+,19+,20-,21-,22-,23+/m0/s1. The molecule has 4 rings (SSSR count). The fraction of sp³-hybridized carbons (Fsp3) is 0.870. The Kier molecular flexibility index (Phi) is 4.53. The maximum absolute atomic E-state index is 11.4. The Bertz CT molecular complexity index is 611. The molecule has 3 N–H and O–H groups in total. The van der Waals surface area contributed by atoms with Crippen LogP contribution in [0.3, 0.4) is 0 Å². The monoisotopic (exact) mass is 360 g/mol. The van der Waals surface area contributed by atoms with Gasteiger partial charge in [-0.05, 0) is 80.5 Å². The third kappa shape index (κ3) is 2.68. The Morgan fingerprint density at radius 1 is 1.19 bits per heavy atom. The summed E-state index contributed by atoms with van der Waals surface area (Å²) in [5.41, 5.74) is 6.87. The summed E-state index contributed by atoms with van der Waals surface area (Å²) in [6.45, 7) is 8.99. The fourth-order valence-corrected chi connectivity index (χ4v) is 7.94. The number of quaternary nitrogens is 1. The van der Waals surface area contributed by atoms with E-state index in [1.165, 1.54) is 38.5 Å². The Hall–Kier alpha value is -0.830. The van der Waals surface area contributed by atoms with Crippen molar-refractivity contribution in [1.29, 1.82) is 0 Å². The minimum Gasteiger partial charge on any atom is -0.462 e. The Morgan fingerprint density at radius 2 is 1.96 bits per heavy atom. The summed E-state index contributed by atoms with van der Waals surface area (Å²) < 4.78 is 5.56. The van der Waals surface area contributed by atoms with E-state index in [-0.39, 0.29) is 12.1 Å². The molecule has 0 radical (unpaired) electrons. The zero-order valence-electron chi connectivity index (χ0n) is 17.2. The highest BCUT2D eigenvalue weighted by Crippen LogP contribution is 2.66. The van der Waals surface area contributed by atoms with Gasteiger partial charge in [0.15, 0.2) is 0 Å². The van der Waals surface area contributed by atoms with Crippen molar-refractivity contribution in [1.82, 2.24) is 0 Å². The molecule has 0 heterocycles. The van der Waals surface area contributed by atoms with Gasteiger partial charge < -0.3 is 10.5 Å². The highest BCUT2D eigenvalue weighted by Gasteiger charge is 2.59. The number of esters is 1. The van der Waals surface area contributed by atoms with Crippen LogP contribution in [-0.2, 0) is 9.53 Å². The smallest absolute Gasteiger partial charge is 0.302 e. The molecule has 8 atom stereocenters. The molecule has 0 amide bonds. The summed E-state index contributed by atoms with van der Waals surface area (Å²) in [6.07, 6.45) is 12.7. The number of fused-ring (bicyclic) bond motifs is 5. The molecule has 0 aromatic heterocycles. The topological polar surface area (TPSA) is 53.9 Å². The molecule has 3 heteroatoms. The van der Waals surface area contributed by atoms with Crippen LogP contribution in [0.2, 0.25) is 0 Å². The van der Waals surface area contributed by atoms with E-state index < -0.39 is 0 Å². The van der Waals surface area contributed by atoms with Gasteiger partial charge in [0.1, 0.15) is 6.10 Å². The van der Waals surface area contributed by atoms with Crippen LogP contribution in [-0.4, -0.2) is 18.1 Å². The van der Waals surface area contributed by atoms with Crippen molar-refractivity contribution < 1.29 is 15.3 Å². The van der Waals surface area contributed by atoms with Crippen molar-refractivity contribution in [2.24, 2.45) is 34.5 Å². The summed E-state index contributed by atoms with van der Waals surface area (Å²) in [4.78, 5) is 11.4. The van der Waals surface area contributed by atoms with E-state index in [2.05, 4.69) is 32.6 Å². The molecule has 0 aromatic rings. The highest BCUT2D eigenvalue weighted by atomic mass is 16.5. The molecule has 4 aliphatic rings. The molecule has 0 saturated heterocycles. The van der Waals surface area contributed by atoms with E-state index in [1.807, 2.05) is 0 Å². The largest absolute Gasteiger partial charge is 0.462 e. The van der Waals surface area contributed by atoms with Gasteiger partial charge in [-0.2, -0.15) is 0 Å². The van der Waals surface area contributed by atoms with Crippen LogP contribution in [0.5, 0.6) is 0 Å². The minimum atomic E-state index is -0.124. The first kappa shape index (κ1) is 18.5. The average molecular weight is 361 g/mol. The Balaban J connectivity index is 1.58. The molecule has 3 nitrogen and oxygen atoms in total. The molecule has 0 bridgehead atoms. The number of hydrogen-bond acceptors (Lipinski definition) is 2. The quantitative estimate of drug-likeness (QED) is 0.595. The summed E-state index contributed by atoms with van der Waals surface area (Å²) in [6, 6.07) is 0.575. The summed E-state index contributed by atoms with van der Waals surface area (Å²) >= 11 is 0. The molecular weight excluding hydrogens is 322 g/mol. The van der Waals surface area contributed by atoms with Gasteiger partial charge in [0, 0.05) is 19.3 Å². The highest BCUT2D eigenvalue weighted by molar-refractivity contribution is 5.66. The Morgan fingerprint density at radius 3 is 2.65 bits per heavy atom. The first-order valence-corrected chi connectivity index (χ1v) is 11.0. The van der Waals surface area contributed by atoms with Gasteiger partial charge in [0.05, 0.1) is 6.04 Å². The number of carbonyl (C=O) groups is 1. The fourth-order valence-electron chi connectivity index (χ4n) is 7.94. The summed E-state index contributed by atoms with van der Waals surface area (Å²) in [5, 5.41) is 0. The van der Waals surface area contributed by atoms with Gasteiger partial charge in [-0.15, -0.1) is 0 Å². The van der Waals surface area contributed by atoms with E-state index in [0.717, 1.165) is 36.5 Å². The lowest BCUT2D eigenvalue weighted by Crippen LogP contribution is -2.65. The normalized spacial score (nSPS) is 48.7. The molecule has 0 aromatic carbocycles. The number of allylic oxidation sites excluding steroid dienone is 1. The van der Waals surface area contributed by atoms with Crippen LogP contribution in [0.15, 0.2) is 11.6 Å². The molecule has 146 valence electrons. The molecule has 3 fully saturated rings.